The highest BCUT2D eigenvalue weighted by molar-refractivity contribution is 5.01. The van der Waals surface area contributed by atoms with Gasteiger partial charge in [-0.1, -0.05) is 27.7 Å². The molecule has 18 heavy (non-hydrogen) atoms. The first-order valence-corrected chi connectivity index (χ1v) is 7.89. The van der Waals surface area contributed by atoms with Gasteiger partial charge in [-0.3, -0.25) is 0 Å². The Morgan fingerprint density at radius 3 is 2.56 bits per heavy atom. The average molecular weight is 252 g/mol. The second kappa shape index (κ2) is 5.50. The molecule has 0 spiro atoms. The van der Waals surface area contributed by atoms with Crippen LogP contribution in [0.25, 0.3) is 0 Å². The molecule has 106 valence electrons. The van der Waals surface area contributed by atoms with Crippen LogP contribution < -0.4 is 5.32 Å². The molecule has 0 heterocycles. The quantitative estimate of drug-likeness (QED) is 0.781. The molecule has 2 rings (SSSR count). The van der Waals surface area contributed by atoms with Crippen LogP contribution >= 0.6 is 0 Å². The average Bonchev–Trinajstić information content (AvgIpc) is 2.87. The lowest BCUT2D eigenvalue weighted by atomic mass is 9.86. The van der Waals surface area contributed by atoms with E-state index in [-0.39, 0.29) is 0 Å². The van der Waals surface area contributed by atoms with E-state index < -0.39 is 0 Å². The zero-order valence-corrected chi connectivity index (χ0v) is 13.0. The van der Waals surface area contributed by atoms with Crippen LogP contribution in [0.3, 0.4) is 0 Å². The van der Waals surface area contributed by atoms with Crippen LogP contribution in [0, 0.1) is 17.3 Å². The minimum atomic E-state index is 0.462. The van der Waals surface area contributed by atoms with Gasteiger partial charge >= 0.3 is 0 Å². The Kier molecular flexibility index (Phi) is 4.38. The molecule has 0 bridgehead atoms. The van der Waals surface area contributed by atoms with Gasteiger partial charge in [-0.25, -0.2) is 0 Å². The van der Waals surface area contributed by atoms with Gasteiger partial charge in [0.25, 0.3) is 0 Å². The summed E-state index contributed by atoms with van der Waals surface area (Å²) in [6.07, 6.45) is 5.42. The maximum atomic E-state index is 3.82. The largest absolute Gasteiger partial charge is 0.312 e. The summed E-state index contributed by atoms with van der Waals surface area (Å²) in [5, 5.41) is 3.82. The van der Waals surface area contributed by atoms with Crippen molar-refractivity contribution in [2.75, 3.05) is 20.1 Å². The zero-order chi connectivity index (χ0) is 13.3. The summed E-state index contributed by atoms with van der Waals surface area (Å²) in [5.74, 6) is 1.95. The van der Waals surface area contributed by atoms with Gasteiger partial charge in [0.05, 0.1) is 0 Å². The van der Waals surface area contributed by atoms with E-state index in [1.54, 1.807) is 0 Å². The van der Waals surface area contributed by atoms with Crippen molar-refractivity contribution in [3.8, 4) is 0 Å². The highest BCUT2D eigenvalue weighted by Gasteiger charge is 2.44. The monoisotopic (exact) mass is 252 g/mol. The molecule has 2 saturated carbocycles. The maximum absolute atomic E-state index is 3.82. The van der Waals surface area contributed by atoms with Crippen LogP contribution in [0.4, 0.5) is 0 Å². The Morgan fingerprint density at radius 2 is 2.00 bits per heavy atom. The normalized spacial score (nSPS) is 38.3. The van der Waals surface area contributed by atoms with Crippen LogP contribution in [0.1, 0.15) is 53.4 Å². The summed E-state index contributed by atoms with van der Waals surface area (Å²) in [6, 6.07) is 1.43. The molecule has 2 aliphatic rings. The van der Waals surface area contributed by atoms with Gasteiger partial charge in [0.15, 0.2) is 0 Å². The minimum absolute atomic E-state index is 0.462. The van der Waals surface area contributed by atoms with E-state index in [1.807, 2.05) is 0 Å². The van der Waals surface area contributed by atoms with E-state index >= 15 is 0 Å². The van der Waals surface area contributed by atoms with E-state index in [4.69, 9.17) is 0 Å². The van der Waals surface area contributed by atoms with Crippen molar-refractivity contribution in [2.24, 2.45) is 17.3 Å². The highest BCUT2D eigenvalue weighted by atomic mass is 15.2. The van der Waals surface area contributed by atoms with Crippen LogP contribution in [-0.2, 0) is 0 Å². The molecule has 0 aliphatic heterocycles. The third kappa shape index (κ3) is 3.08. The lowest BCUT2D eigenvalue weighted by Crippen LogP contribution is -2.51. The van der Waals surface area contributed by atoms with Gasteiger partial charge in [-0.2, -0.15) is 0 Å². The second-order valence-electron chi connectivity index (χ2n) is 7.44. The number of likely N-dealkylation sites (N-methyl/N-ethyl adjacent to an activating group) is 1. The number of hydrogen-bond donors (Lipinski definition) is 1. The van der Waals surface area contributed by atoms with Crippen molar-refractivity contribution in [3.05, 3.63) is 0 Å². The molecule has 4 atom stereocenters. The fourth-order valence-corrected chi connectivity index (χ4v) is 3.71. The lowest BCUT2D eigenvalue weighted by Gasteiger charge is -2.36. The lowest BCUT2D eigenvalue weighted by molar-refractivity contribution is 0.164. The first-order chi connectivity index (χ1) is 8.45. The van der Waals surface area contributed by atoms with E-state index in [1.165, 1.54) is 32.2 Å². The molecule has 0 aromatic rings. The van der Waals surface area contributed by atoms with Crippen molar-refractivity contribution < 1.29 is 0 Å². The first kappa shape index (κ1) is 14.3. The van der Waals surface area contributed by atoms with Crippen molar-refractivity contribution >= 4 is 0 Å². The molecule has 2 nitrogen and oxygen atoms in total. The Morgan fingerprint density at radius 1 is 1.33 bits per heavy atom. The molecule has 2 fully saturated rings. The van der Waals surface area contributed by atoms with Gasteiger partial charge < -0.3 is 10.2 Å². The molecule has 0 aromatic carbocycles. The summed E-state index contributed by atoms with van der Waals surface area (Å²) in [7, 11) is 2.34. The summed E-state index contributed by atoms with van der Waals surface area (Å²) >= 11 is 0. The van der Waals surface area contributed by atoms with Crippen molar-refractivity contribution in [3.63, 3.8) is 0 Å². The third-order valence-corrected chi connectivity index (χ3v) is 5.29. The van der Waals surface area contributed by atoms with Gasteiger partial charge in [0, 0.05) is 18.6 Å². The van der Waals surface area contributed by atoms with E-state index in [2.05, 4.69) is 45.0 Å². The van der Waals surface area contributed by atoms with Crippen LogP contribution in [-0.4, -0.2) is 37.1 Å². The molecule has 2 aliphatic carbocycles. The molecular formula is C16H32N2. The predicted molar refractivity (Wildman–Crippen MR) is 78.8 cm³/mol. The Hall–Kier alpha value is -0.0800. The minimum Gasteiger partial charge on any atom is -0.312 e. The van der Waals surface area contributed by atoms with Crippen molar-refractivity contribution in [1.29, 1.82) is 0 Å². The summed E-state index contributed by atoms with van der Waals surface area (Å²) in [6.45, 7) is 12.0. The highest BCUT2D eigenvalue weighted by Crippen LogP contribution is 2.42. The van der Waals surface area contributed by atoms with Gasteiger partial charge in [0.2, 0.25) is 0 Å². The molecular weight excluding hydrogens is 220 g/mol. The standard InChI is InChI=1S/C16H32N2/c1-6-9-17-15-14(7-8-16(15,3)4)18(5)11-13-10-12(13)2/h12-15,17H,6-11H2,1-5H3. The molecule has 0 saturated heterocycles. The summed E-state index contributed by atoms with van der Waals surface area (Å²) in [4.78, 5) is 2.65. The maximum Gasteiger partial charge on any atom is 0.0274 e. The summed E-state index contributed by atoms with van der Waals surface area (Å²) in [5.41, 5.74) is 0.462. The zero-order valence-electron chi connectivity index (χ0n) is 13.0. The Labute approximate surface area is 114 Å². The summed E-state index contributed by atoms with van der Waals surface area (Å²) < 4.78 is 0. The Balaban J connectivity index is 1.92. The topological polar surface area (TPSA) is 15.3 Å². The smallest absolute Gasteiger partial charge is 0.0274 e. The molecule has 0 amide bonds. The van der Waals surface area contributed by atoms with E-state index in [0.29, 0.717) is 11.5 Å². The fraction of sp³-hybridized carbons (Fsp3) is 1.00. The predicted octanol–water partition coefficient (Wildman–Crippen LogP) is 3.13. The molecule has 4 unspecified atom stereocenters. The van der Waals surface area contributed by atoms with Crippen molar-refractivity contribution in [1.82, 2.24) is 10.2 Å². The third-order valence-electron chi connectivity index (χ3n) is 5.29. The number of nitrogens with one attached hydrogen (secondary N) is 1. The van der Waals surface area contributed by atoms with E-state index in [0.717, 1.165) is 24.4 Å². The van der Waals surface area contributed by atoms with Crippen LogP contribution in [0.2, 0.25) is 0 Å². The van der Waals surface area contributed by atoms with Gasteiger partial charge in [-0.05, 0) is 56.5 Å². The van der Waals surface area contributed by atoms with Crippen LogP contribution in [0.15, 0.2) is 0 Å². The molecule has 0 radical (unpaired) electrons. The first-order valence-electron chi connectivity index (χ1n) is 7.89. The molecule has 1 N–H and O–H groups in total. The van der Waals surface area contributed by atoms with Crippen LogP contribution in [0.5, 0.6) is 0 Å². The number of hydrogen-bond acceptors (Lipinski definition) is 2. The SMILES string of the molecule is CCCNC1C(N(C)CC2CC2C)CCC1(C)C. The van der Waals surface area contributed by atoms with Crippen molar-refractivity contribution in [2.45, 2.75) is 65.5 Å². The van der Waals surface area contributed by atoms with Gasteiger partial charge in [0.1, 0.15) is 0 Å². The van der Waals surface area contributed by atoms with E-state index in [9.17, 15) is 0 Å². The molecule has 0 aromatic heterocycles. The number of rotatable bonds is 6. The molecule has 2 heteroatoms. The Bertz CT molecular complexity index is 274. The second-order valence-corrected chi connectivity index (χ2v) is 7.44. The fourth-order valence-electron chi connectivity index (χ4n) is 3.71. The number of nitrogens with zero attached hydrogens (tertiary/aromatic N) is 1. The van der Waals surface area contributed by atoms with Gasteiger partial charge in [-0.15, -0.1) is 0 Å².